The van der Waals surface area contributed by atoms with Gasteiger partial charge in [0, 0.05) is 71.6 Å². The van der Waals surface area contributed by atoms with Crippen molar-refractivity contribution in [1.29, 1.82) is 0 Å². The number of hydrogen-bond donors (Lipinski definition) is 4. The Morgan fingerprint density at radius 1 is 0.746 bits per heavy atom. The third kappa shape index (κ3) is 6.98. The molecule has 6 atom stereocenters. The van der Waals surface area contributed by atoms with Crippen LogP contribution in [0.4, 0.5) is 0 Å². The largest absolute Gasteiger partial charge is 0.508 e. The molecule has 4 heterocycles. The molecule has 1 fully saturated rings. The van der Waals surface area contributed by atoms with Gasteiger partial charge in [-0.15, -0.1) is 0 Å². The summed E-state index contributed by atoms with van der Waals surface area (Å²) in [7, 11) is 1.71. The van der Waals surface area contributed by atoms with Crippen LogP contribution in [0.1, 0.15) is 97.3 Å². The zero-order chi connectivity index (χ0) is 40.2. The first-order valence-electron chi connectivity index (χ1n) is 21.3. The van der Waals surface area contributed by atoms with Crippen LogP contribution in [0.25, 0.3) is 21.9 Å². The Morgan fingerprint density at radius 3 is 2.41 bits per heavy atom. The number of aromatic hydroxyl groups is 3. The van der Waals surface area contributed by atoms with Crippen molar-refractivity contribution in [3.8, 4) is 51.4 Å². The molecule has 10 heteroatoms. The van der Waals surface area contributed by atoms with Crippen molar-refractivity contribution in [2.24, 2.45) is 11.8 Å². The summed E-state index contributed by atoms with van der Waals surface area (Å²) in [6.45, 7) is 1.95. The van der Waals surface area contributed by atoms with E-state index in [0.29, 0.717) is 49.7 Å². The number of aliphatic hydroxyl groups excluding tert-OH is 1. The number of hydrogen-bond acceptors (Lipinski definition) is 10. The van der Waals surface area contributed by atoms with Crippen LogP contribution in [0, 0.1) is 11.8 Å². The van der Waals surface area contributed by atoms with E-state index in [2.05, 4.69) is 0 Å². The molecule has 0 unspecified atom stereocenters. The lowest BCUT2D eigenvalue weighted by molar-refractivity contribution is -0.111. The average Bonchev–Trinajstić information content (AvgIpc) is 3.66. The fourth-order valence-electron chi connectivity index (χ4n) is 10.7. The number of aliphatic hydroxyl groups is 1. The Morgan fingerprint density at radius 2 is 1.56 bits per heavy atom. The van der Waals surface area contributed by atoms with Gasteiger partial charge in [0.05, 0.1) is 31.5 Å². The van der Waals surface area contributed by atoms with Crippen molar-refractivity contribution in [2.75, 3.05) is 33.5 Å². The van der Waals surface area contributed by atoms with E-state index >= 15 is 0 Å². The SMILES string of the molecule is COCCC[C@@H]1Oc2c3c4c(c5cc(O)ccc25)OCC[C@H]4CCO[C@@H]3[C@@H]1[C@H]1COc2c(Cc3cc(O)ccc3-c3cccc(O)c3)cc(OC3CCCC3)cc2[C@H]1O. The van der Waals surface area contributed by atoms with Gasteiger partial charge in [-0.3, -0.25) is 0 Å². The molecule has 0 aromatic heterocycles. The van der Waals surface area contributed by atoms with E-state index in [1.165, 1.54) is 0 Å². The topological polar surface area (TPSA) is 136 Å². The molecule has 0 radical (unpaired) electrons. The Labute approximate surface area is 344 Å². The van der Waals surface area contributed by atoms with Crippen molar-refractivity contribution in [3.63, 3.8) is 0 Å². The maximum atomic E-state index is 12.8. The van der Waals surface area contributed by atoms with Crippen molar-refractivity contribution in [3.05, 3.63) is 101 Å². The number of phenolic OH excluding ortho intramolecular Hbond substituents is 3. The fraction of sp³-hybridized carbons (Fsp3) is 0.429. The van der Waals surface area contributed by atoms with Crippen molar-refractivity contribution < 1.29 is 48.8 Å². The summed E-state index contributed by atoms with van der Waals surface area (Å²) in [6.07, 6.45) is 6.14. The molecule has 1 saturated carbocycles. The minimum absolute atomic E-state index is 0.0906. The molecule has 1 aliphatic carbocycles. The van der Waals surface area contributed by atoms with Crippen molar-refractivity contribution in [1.82, 2.24) is 0 Å². The highest BCUT2D eigenvalue weighted by Crippen LogP contribution is 2.59. The lowest BCUT2D eigenvalue weighted by Gasteiger charge is -2.47. The summed E-state index contributed by atoms with van der Waals surface area (Å²) >= 11 is 0. The molecule has 308 valence electrons. The molecule has 4 N–H and O–H groups in total. The van der Waals surface area contributed by atoms with Crippen LogP contribution in [-0.4, -0.2) is 66.2 Å². The minimum atomic E-state index is -0.938. The monoisotopic (exact) mass is 800 g/mol. The second kappa shape index (κ2) is 15.8. The highest BCUT2D eigenvalue weighted by Gasteiger charge is 2.51. The average molecular weight is 801 g/mol. The highest BCUT2D eigenvalue weighted by molar-refractivity contribution is 5.98. The van der Waals surface area contributed by atoms with Gasteiger partial charge >= 0.3 is 0 Å². The molecule has 10 nitrogen and oxygen atoms in total. The van der Waals surface area contributed by atoms with E-state index in [4.69, 9.17) is 28.4 Å². The summed E-state index contributed by atoms with van der Waals surface area (Å²) in [5, 5.41) is 46.2. The Balaban J connectivity index is 1.08. The van der Waals surface area contributed by atoms with E-state index in [1.807, 2.05) is 36.4 Å². The lowest BCUT2D eigenvalue weighted by Crippen LogP contribution is -2.47. The third-order valence-electron chi connectivity index (χ3n) is 13.4. The molecule has 0 amide bonds. The smallest absolute Gasteiger partial charge is 0.133 e. The second-order valence-corrected chi connectivity index (χ2v) is 17.0. The number of ether oxygens (including phenoxy) is 6. The van der Waals surface area contributed by atoms with Gasteiger partial charge in [-0.2, -0.15) is 0 Å². The first-order chi connectivity index (χ1) is 28.8. The van der Waals surface area contributed by atoms with Gasteiger partial charge in [0.15, 0.2) is 0 Å². The molecule has 10 rings (SSSR count). The predicted octanol–water partition coefficient (Wildman–Crippen LogP) is 9.41. The van der Waals surface area contributed by atoms with Crippen LogP contribution < -0.4 is 18.9 Å². The van der Waals surface area contributed by atoms with E-state index < -0.39 is 18.1 Å². The van der Waals surface area contributed by atoms with Gasteiger partial charge < -0.3 is 48.8 Å². The van der Waals surface area contributed by atoms with Crippen LogP contribution in [0.2, 0.25) is 0 Å². The molecule has 0 bridgehead atoms. The fourth-order valence-corrected chi connectivity index (χ4v) is 10.7. The van der Waals surface area contributed by atoms with Crippen LogP contribution in [-0.2, 0) is 15.9 Å². The number of methoxy groups -OCH3 is 1. The van der Waals surface area contributed by atoms with Crippen LogP contribution in [0.3, 0.4) is 0 Å². The van der Waals surface area contributed by atoms with Crippen LogP contribution in [0.15, 0.2) is 72.8 Å². The number of rotatable bonds is 10. The van der Waals surface area contributed by atoms with E-state index in [0.717, 1.165) is 101 Å². The summed E-state index contributed by atoms with van der Waals surface area (Å²) < 4.78 is 39.7. The normalized spacial score (nSPS) is 24.6. The van der Waals surface area contributed by atoms with E-state index in [1.54, 1.807) is 43.5 Å². The molecule has 59 heavy (non-hydrogen) atoms. The van der Waals surface area contributed by atoms with Crippen LogP contribution in [0.5, 0.6) is 40.2 Å². The zero-order valence-electron chi connectivity index (χ0n) is 33.4. The molecule has 0 spiro atoms. The molecular weight excluding hydrogens is 749 g/mol. The Kier molecular flexibility index (Phi) is 10.2. The first kappa shape index (κ1) is 38.1. The van der Waals surface area contributed by atoms with Gasteiger partial charge in [0.25, 0.3) is 0 Å². The highest BCUT2D eigenvalue weighted by atomic mass is 16.5. The Bertz CT molecular complexity index is 2370. The summed E-state index contributed by atoms with van der Waals surface area (Å²) in [6, 6.07) is 21.8. The first-order valence-corrected chi connectivity index (χ1v) is 21.3. The van der Waals surface area contributed by atoms with Crippen molar-refractivity contribution in [2.45, 2.75) is 88.1 Å². The lowest BCUT2D eigenvalue weighted by atomic mass is 9.70. The number of phenols is 3. The standard InChI is InChI=1S/C49H52O10/c1-54-17-5-10-41-43(49-44-42-27(16-19-56-49)15-18-55-47(42)38-24-33(52)12-14-37(38)48(44)59-41)40-26-57-46-30(23-35(25-39(46)45(40)53)58-34-8-2-3-9-34)20-29-22-32(51)11-13-36(29)28-6-4-7-31(50)21-28/h4,6-7,11-14,21-25,27,34,40-41,43,45,49-53H,2-3,5,8-10,15-20,26H2,1H3/t27-,40+,41-,43+,45+,49+/m0/s1. The van der Waals surface area contributed by atoms with E-state index in [-0.39, 0.29) is 47.9 Å². The minimum Gasteiger partial charge on any atom is -0.508 e. The predicted molar refractivity (Wildman–Crippen MR) is 222 cm³/mol. The van der Waals surface area contributed by atoms with Crippen molar-refractivity contribution >= 4 is 10.8 Å². The molecule has 4 aliphatic heterocycles. The van der Waals surface area contributed by atoms with Crippen LogP contribution >= 0.6 is 0 Å². The summed E-state index contributed by atoms with van der Waals surface area (Å²) in [5.74, 6) is 2.86. The number of fused-ring (bicyclic) bond motifs is 4. The van der Waals surface area contributed by atoms with Gasteiger partial charge in [0.1, 0.15) is 46.4 Å². The zero-order valence-corrected chi connectivity index (χ0v) is 33.4. The Hall–Kier alpha value is -5.16. The summed E-state index contributed by atoms with van der Waals surface area (Å²) in [4.78, 5) is 0. The molecule has 5 aromatic carbocycles. The summed E-state index contributed by atoms with van der Waals surface area (Å²) in [5.41, 5.74) is 6.15. The van der Waals surface area contributed by atoms with Gasteiger partial charge in [0.2, 0.25) is 0 Å². The quantitative estimate of drug-likeness (QED) is 0.101. The van der Waals surface area contributed by atoms with Gasteiger partial charge in [-0.1, -0.05) is 18.2 Å². The van der Waals surface area contributed by atoms with E-state index in [9.17, 15) is 20.4 Å². The maximum absolute atomic E-state index is 12.8. The van der Waals surface area contributed by atoms with Gasteiger partial charge in [-0.25, -0.2) is 0 Å². The molecule has 0 saturated heterocycles. The molecule has 5 aliphatic rings. The third-order valence-corrected chi connectivity index (χ3v) is 13.4. The second-order valence-electron chi connectivity index (χ2n) is 17.0. The molecule has 5 aromatic rings. The maximum Gasteiger partial charge on any atom is 0.133 e. The molecular formula is C49H52O10. The van der Waals surface area contributed by atoms with Gasteiger partial charge in [-0.05, 0) is 129 Å². The number of benzene rings is 5.